The fraction of sp³-hybridized carbons (Fsp3) is 0.714. The molecule has 108 valence electrons. The van der Waals surface area contributed by atoms with E-state index in [1.165, 1.54) is 6.42 Å². The minimum Gasteiger partial charge on any atom is -0.481 e. The monoisotopic (exact) mass is 268 g/mol. The van der Waals surface area contributed by atoms with Gasteiger partial charge < -0.3 is 15.3 Å². The third-order valence-corrected chi connectivity index (χ3v) is 3.25. The van der Waals surface area contributed by atoms with Crippen molar-refractivity contribution in [3.8, 4) is 0 Å². The molecule has 1 amide bonds. The SMILES string of the molecule is CCN(C(=O)CNCCCC(=O)O)C1=CCCCC1. The van der Waals surface area contributed by atoms with Gasteiger partial charge in [0, 0.05) is 18.7 Å². The highest BCUT2D eigenvalue weighted by atomic mass is 16.4. The average molecular weight is 268 g/mol. The van der Waals surface area contributed by atoms with Crippen LogP contribution in [0.5, 0.6) is 0 Å². The molecule has 2 N–H and O–H groups in total. The van der Waals surface area contributed by atoms with E-state index in [1.54, 1.807) is 0 Å². The largest absolute Gasteiger partial charge is 0.481 e. The number of carbonyl (C=O) groups is 2. The molecule has 0 aromatic carbocycles. The Morgan fingerprint density at radius 2 is 2.21 bits per heavy atom. The standard InChI is InChI=1S/C14H24N2O3/c1-2-16(12-7-4-3-5-8-12)13(17)11-15-10-6-9-14(18)19/h7,15H,2-6,8-11H2,1H3,(H,18,19). The van der Waals surface area contributed by atoms with Crippen molar-refractivity contribution in [2.24, 2.45) is 0 Å². The van der Waals surface area contributed by atoms with Gasteiger partial charge in [-0.25, -0.2) is 0 Å². The van der Waals surface area contributed by atoms with Crippen molar-refractivity contribution in [3.05, 3.63) is 11.8 Å². The fourth-order valence-corrected chi connectivity index (χ4v) is 2.26. The number of nitrogens with zero attached hydrogens (tertiary/aromatic N) is 1. The van der Waals surface area contributed by atoms with Crippen LogP contribution in [-0.2, 0) is 9.59 Å². The van der Waals surface area contributed by atoms with Crippen LogP contribution in [0.15, 0.2) is 11.8 Å². The summed E-state index contributed by atoms with van der Waals surface area (Å²) in [6.45, 7) is 3.53. The number of carbonyl (C=O) groups excluding carboxylic acids is 1. The first-order valence-electron chi connectivity index (χ1n) is 7.07. The second-order valence-electron chi connectivity index (χ2n) is 4.75. The van der Waals surface area contributed by atoms with Crippen molar-refractivity contribution in [1.29, 1.82) is 0 Å². The molecule has 0 spiro atoms. The Kier molecular flexibility index (Phi) is 7.18. The van der Waals surface area contributed by atoms with Crippen molar-refractivity contribution in [2.45, 2.75) is 45.4 Å². The summed E-state index contributed by atoms with van der Waals surface area (Å²) >= 11 is 0. The molecule has 0 aliphatic heterocycles. The van der Waals surface area contributed by atoms with Crippen LogP contribution >= 0.6 is 0 Å². The number of hydrogen-bond donors (Lipinski definition) is 2. The van der Waals surface area contributed by atoms with E-state index in [-0.39, 0.29) is 18.9 Å². The van der Waals surface area contributed by atoms with Crippen molar-refractivity contribution in [2.75, 3.05) is 19.6 Å². The Morgan fingerprint density at radius 1 is 1.42 bits per heavy atom. The van der Waals surface area contributed by atoms with Crippen LogP contribution in [0.4, 0.5) is 0 Å². The minimum atomic E-state index is -0.796. The highest BCUT2D eigenvalue weighted by Gasteiger charge is 2.17. The van der Waals surface area contributed by atoms with Crippen molar-refractivity contribution < 1.29 is 14.7 Å². The Bertz CT molecular complexity index is 340. The molecule has 0 aromatic heterocycles. The van der Waals surface area contributed by atoms with Gasteiger partial charge in [-0.05, 0) is 45.6 Å². The number of aliphatic carboxylic acids is 1. The predicted octanol–water partition coefficient (Wildman–Crippen LogP) is 1.75. The number of carboxylic acid groups (broad SMARTS) is 1. The van der Waals surface area contributed by atoms with E-state index in [0.29, 0.717) is 19.5 Å². The first-order valence-corrected chi connectivity index (χ1v) is 7.07. The molecule has 0 aromatic rings. The van der Waals surface area contributed by atoms with Gasteiger partial charge in [0.25, 0.3) is 0 Å². The van der Waals surface area contributed by atoms with Crippen LogP contribution in [0.25, 0.3) is 0 Å². The van der Waals surface area contributed by atoms with Crippen LogP contribution < -0.4 is 5.32 Å². The summed E-state index contributed by atoms with van der Waals surface area (Å²) in [6, 6.07) is 0. The van der Waals surface area contributed by atoms with Crippen molar-refractivity contribution in [3.63, 3.8) is 0 Å². The molecule has 0 heterocycles. The van der Waals surface area contributed by atoms with Crippen molar-refractivity contribution in [1.82, 2.24) is 10.2 Å². The second-order valence-corrected chi connectivity index (χ2v) is 4.75. The van der Waals surface area contributed by atoms with E-state index >= 15 is 0 Å². The number of allylic oxidation sites excluding steroid dienone is 2. The lowest BCUT2D eigenvalue weighted by Gasteiger charge is -2.26. The third kappa shape index (κ3) is 5.87. The summed E-state index contributed by atoms with van der Waals surface area (Å²) in [6.07, 6.45) is 7.27. The summed E-state index contributed by atoms with van der Waals surface area (Å²) in [5.41, 5.74) is 1.14. The zero-order chi connectivity index (χ0) is 14.1. The highest BCUT2D eigenvalue weighted by Crippen LogP contribution is 2.20. The molecule has 0 saturated heterocycles. The first-order chi connectivity index (χ1) is 9.15. The molecule has 0 bridgehead atoms. The van der Waals surface area contributed by atoms with Gasteiger partial charge in [-0.3, -0.25) is 9.59 Å². The van der Waals surface area contributed by atoms with Crippen molar-refractivity contribution >= 4 is 11.9 Å². The van der Waals surface area contributed by atoms with Gasteiger partial charge in [0.15, 0.2) is 0 Å². The molecular formula is C14H24N2O3. The van der Waals surface area contributed by atoms with E-state index < -0.39 is 5.97 Å². The van der Waals surface area contributed by atoms with E-state index in [9.17, 15) is 9.59 Å². The maximum absolute atomic E-state index is 12.1. The summed E-state index contributed by atoms with van der Waals surface area (Å²) < 4.78 is 0. The molecule has 0 radical (unpaired) electrons. The minimum absolute atomic E-state index is 0.0750. The van der Waals surface area contributed by atoms with Crippen LogP contribution in [0, 0.1) is 0 Å². The van der Waals surface area contributed by atoms with Gasteiger partial charge in [-0.1, -0.05) is 6.08 Å². The zero-order valence-corrected chi connectivity index (χ0v) is 11.7. The Morgan fingerprint density at radius 3 is 2.79 bits per heavy atom. The van der Waals surface area contributed by atoms with E-state index in [0.717, 1.165) is 25.0 Å². The normalized spacial score (nSPS) is 14.9. The lowest BCUT2D eigenvalue weighted by Crippen LogP contribution is -2.38. The number of carboxylic acids is 1. The van der Waals surface area contributed by atoms with Gasteiger partial charge in [-0.2, -0.15) is 0 Å². The quantitative estimate of drug-likeness (QED) is 0.658. The highest BCUT2D eigenvalue weighted by molar-refractivity contribution is 5.80. The van der Waals surface area contributed by atoms with Gasteiger partial charge >= 0.3 is 5.97 Å². The molecular weight excluding hydrogens is 244 g/mol. The molecule has 19 heavy (non-hydrogen) atoms. The van der Waals surface area contributed by atoms with Gasteiger partial charge in [0.05, 0.1) is 6.54 Å². The topological polar surface area (TPSA) is 69.6 Å². The Labute approximate surface area is 114 Å². The molecule has 0 saturated carbocycles. The molecule has 0 fully saturated rings. The molecule has 5 heteroatoms. The maximum Gasteiger partial charge on any atom is 0.303 e. The van der Waals surface area contributed by atoms with Gasteiger partial charge in [-0.15, -0.1) is 0 Å². The summed E-state index contributed by atoms with van der Waals surface area (Å²) in [5, 5.41) is 11.5. The van der Waals surface area contributed by atoms with Crippen LogP contribution in [0.1, 0.15) is 45.4 Å². The second kappa shape index (κ2) is 8.69. The van der Waals surface area contributed by atoms with E-state index in [4.69, 9.17) is 5.11 Å². The predicted molar refractivity (Wildman–Crippen MR) is 73.7 cm³/mol. The van der Waals surface area contributed by atoms with Crippen LogP contribution in [0.2, 0.25) is 0 Å². The average Bonchev–Trinajstić information content (AvgIpc) is 2.40. The number of likely N-dealkylation sites (N-methyl/N-ethyl adjacent to an activating group) is 1. The Balaban J connectivity index is 2.29. The lowest BCUT2D eigenvalue weighted by molar-refractivity contribution is -0.137. The summed E-state index contributed by atoms with van der Waals surface area (Å²) in [4.78, 5) is 24.3. The van der Waals surface area contributed by atoms with E-state index in [1.807, 2.05) is 11.8 Å². The Hall–Kier alpha value is -1.36. The molecule has 1 aliphatic carbocycles. The smallest absolute Gasteiger partial charge is 0.303 e. The summed E-state index contributed by atoms with van der Waals surface area (Å²) in [5.74, 6) is -0.721. The number of rotatable bonds is 8. The third-order valence-electron chi connectivity index (χ3n) is 3.25. The summed E-state index contributed by atoms with van der Waals surface area (Å²) in [7, 11) is 0. The molecule has 1 rings (SSSR count). The van der Waals surface area contributed by atoms with Crippen LogP contribution in [-0.4, -0.2) is 41.5 Å². The molecule has 1 aliphatic rings. The molecule has 5 nitrogen and oxygen atoms in total. The zero-order valence-electron chi connectivity index (χ0n) is 11.7. The van der Waals surface area contributed by atoms with Gasteiger partial charge in [0.1, 0.15) is 0 Å². The lowest BCUT2D eigenvalue weighted by atomic mass is 10.0. The first kappa shape index (κ1) is 15.7. The molecule has 0 atom stereocenters. The number of amides is 1. The number of nitrogens with one attached hydrogen (secondary N) is 1. The molecule has 0 unspecified atom stereocenters. The fourth-order valence-electron chi connectivity index (χ4n) is 2.26. The maximum atomic E-state index is 12.1. The van der Waals surface area contributed by atoms with Crippen LogP contribution in [0.3, 0.4) is 0 Å². The number of hydrogen-bond acceptors (Lipinski definition) is 3. The van der Waals surface area contributed by atoms with Gasteiger partial charge in [0.2, 0.25) is 5.91 Å². The van der Waals surface area contributed by atoms with E-state index in [2.05, 4.69) is 11.4 Å².